The van der Waals surface area contributed by atoms with E-state index in [-0.39, 0.29) is 17.4 Å². The molecule has 6 heteroatoms. The Morgan fingerprint density at radius 3 is 2.47 bits per heavy atom. The number of carboxylic acids is 1. The molecule has 1 saturated heterocycles. The average Bonchev–Trinajstić information content (AvgIpc) is 2.38. The number of aromatic nitrogens is 1. The highest BCUT2D eigenvalue weighted by Crippen LogP contribution is 2.18. The number of H-pyrrole nitrogens is 1. The number of piperidine rings is 1. The van der Waals surface area contributed by atoms with Gasteiger partial charge in [-0.05, 0) is 31.9 Å². The minimum atomic E-state index is -0.819. The number of hydrogen-bond donors (Lipinski definition) is 2. The fraction of sp³-hybridized carbons (Fsp3) is 0.462. The van der Waals surface area contributed by atoms with Crippen molar-refractivity contribution in [2.24, 2.45) is 5.92 Å². The number of likely N-dealkylation sites (tertiary alicyclic amines) is 1. The van der Waals surface area contributed by atoms with Crippen molar-refractivity contribution in [2.75, 3.05) is 13.1 Å². The number of carboxylic acid groups (broad SMARTS) is 1. The Morgan fingerprint density at radius 1 is 1.32 bits per heavy atom. The first-order chi connectivity index (χ1) is 8.99. The third kappa shape index (κ3) is 2.83. The van der Waals surface area contributed by atoms with Gasteiger partial charge in [0, 0.05) is 18.8 Å². The number of aryl methyl sites for hydroxylation is 1. The summed E-state index contributed by atoms with van der Waals surface area (Å²) in [5.74, 6) is -1.54. The first-order valence-electron chi connectivity index (χ1n) is 6.21. The minimum Gasteiger partial charge on any atom is -0.481 e. The summed E-state index contributed by atoms with van der Waals surface area (Å²) < 4.78 is 0. The van der Waals surface area contributed by atoms with E-state index in [4.69, 9.17) is 5.11 Å². The molecule has 0 aliphatic carbocycles. The maximum Gasteiger partial charge on any atom is 0.306 e. The Labute approximate surface area is 110 Å². The number of aromatic amines is 1. The maximum atomic E-state index is 12.2. The number of hydrogen-bond acceptors (Lipinski definition) is 3. The van der Waals surface area contributed by atoms with Crippen LogP contribution in [-0.2, 0) is 4.79 Å². The first-order valence-corrected chi connectivity index (χ1v) is 6.21. The lowest BCUT2D eigenvalue weighted by molar-refractivity contribution is -0.143. The molecule has 0 saturated carbocycles. The summed E-state index contributed by atoms with van der Waals surface area (Å²) >= 11 is 0. The second kappa shape index (κ2) is 5.26. The summed E-state index contributed by atoms with van der Waals surface area (Å²) in [5, 5.41) is 8.90. The Morgan fingerprint density at radius 2 is 1.95 bits per heavy atom. The molecule has 0 unspecified atom stereocenters. The molecule has 1 aliphatic heterocycles. The lowest BCUT2D eigenvalue weighted by Crippen LogP contribution is -2.42. The van der Waals surface area contributed by atoms with Crippen molar-refractivity contribution in [3.05, 3.63) is 33.7 Å². The maximum absolute atomic E-state index is 12.2. The van der Waals surface area contributed by atoms with Crippen molar-refractivity contribution in [1.29, 1.82) is 0 Å². The van der Waals surface area contributed by atoms with Crippen LogP contribution < -0.4 is 5.56 Å². The van der Waals surface area contributed by atoms with E-state index < -0.39 is 11.5 Å². The highest BCUT2D eigenvalue weighted by molar-refractivity contribution is 5.94. The summed E-state index contributed by atoms with van der Waals surface area (Å²) in [6.45, 7) is 2.50. The van der Waals surface area contributed by atoms with Crippen molar-refractivity contribution in [3.8, 4) is 0 Å². The predicted molar refractivity (Wildman–Crippen MR) is 68.1 cm³/mol. The van der Waals surface area contributed by atoms with Gasteiger partial charge in [-0.2, -0.15) is 0 Å². The Bertz CT molecular complexity index is 556. The van der Waals surface area contributed by atoms with Crippen LogP contribution in [-0.4, -0.2) is 40.0 Å². The average molecular weight is 264 g/mol. The van der Waals surface area contributed by atoms with E-state index in [0.29, 0.717) is 31.6 Å². The molecule has 0 spiro atoms. The van der Waals surface area contributed by atoms with Gasteiger partial charge in [-0.15, -0.1) is 0 Å². The van der Waals surface area contributed by atoms with E-state index in [1.807, 2.05) is 0 Å². The van der Waals surface area contributed by atoms with Gasteiger partial charge in [-0.1, -0.05) is 0 Å². The molecule has 1 aromatic rings. The lowest BCUT2D eigenvalue weighted by Gasteiger charge is -2.29. The molecule has 2 heterocycles. The number of rotatable bonds is 2. The molecule has 1 amide bonds. The van der Waals surface area contributed by atoms with Crippen molar-refractivity contribution in [2.45, 2.75) is 19.8 Å². The van der Waals surface area contributed by atoms with E-state index in [2.05, 4.69) is 4.98 Å². The van der Waals surface area contributed by atoms with E-state index in [1.165, 1.54) is 6.07 Å². The Balaban J connectivity index is 2.09. The van der Waals surface area contributed by atoms with Crippen molar-refractivity contribution in [1.82, 2.24) is 9.88 Å². The summed E-state index contributed by atoms with van der Waals surface area (Å²) in [6.07, 6.45) is 0.871. The fourth-order valence-electron chi connectivity index (χ4n) is 2.24. The SMILES string of the molecule is Cc1ccc(C(=O)N2CCC(C(=O)O)CC2)c(=O)[nH]1. The van der Waals surface area contributed by atoms with Crippen molar-refractivity contribution >= 4 is 11.9 Å². The van der Waals surface area contributed by atoms with Crippen LogP contribution in [0.5, 0.6) is 0 Å². The highest BCUT2D eigenvalue weighted by Gasteiger charge is 2.28. The van der Waals surface area contributed by atoms with Crippen LogP contribution in [0, 0.1) is 12.8 Å². The molecule has 2 rings (SSSR count). The summed E-state index contributed by atoms with van der Waals surface area (Å²) in [7, 11) is 0. The summed E-state index contributed by atoms with van der Waals surface area (Å²) in [5.41, 5.74) is 0.413. The number of amides is 1. The van der Waals surface area contributed by atoms with Crippen LogP contribution in [0.2, 0.25) is 0 Å². The summed E-state index contributed by atoms with van der Waals surface area (Å²) in [6, 6.07) is 3.19. The van der Waals surface area contributed by atoms with E-state index in [9.17, 15) is 14.4 Å². The van der Waals surface area contributed by atoms with Crippen LogP contribution >= 0.6 is 0 Å². The normalized spacial score (nSPS) is 16.4. The Hall–Kier alpha value is -2.11. The number of carbonyl (C=O) groups excluding carboxylic acids is 1. The van der Waals surface area contributed by atoms with Gasteiger partial charge >= 0.3 is 5.97 Å². The zero-order chi connectivity index (χ0) is 14.0. The first kappa shape index (κ1) is 13.3. The number of nitrogens with zero attached hydrogens (tertiary/aromatic N) is 1. The third-order valence-corrected chi connectivity index (χ3v) is 3.42. The van der Waals surface area contributed by atoms with Gasteiger partial charge in [0.2, 0.25) is 0 Å². The minimum absolute atomic E-state index is 0.111. The van der Waals surface area contributed by atoms with Gasteiger partial charge in [-0.3, -0.25) is 14.4 Å². The van der Waals surface area contributed by atoms with E-state index >= 15 is 0 Å². The zero-order valence-electron chi connectivity index (χ0n) is 10.7. The number of pyridine rings is 1. The van der Waals surface area contributed by atoms with Crippen LogP contribution in [0.1, 0.15) is 28.9 Å². The lowest BCUT2D eigenvalue weighted by atomic mass is 9.97. The molecule has 6 nitrogen and oxygen atoms in total. The second-order valence-electron chi connectivity index (χ2n) is 4.79. The number of carbonyl (C=O) groups is 2. The van der Waals surface area contributed by atoms with Crippen LogP contribution in [0.4, 0.5) is 0 Å². The molecule has 19 heavy (non-hydrogen) atoms. The number of aliphatic carboxylic acids is 1. The van der Waals surface area contributed by atoms with Crippen LogP contribution in [0.25, 0.3) is 0 Å². The smallest absolute Gasteiger partial charge is 0.306 e. The van der Waals surface area contributed by atoms with Gasteiger partial charge in [0.05, 0.1) is 5.92 Å². The van der Waals surface area contributed by atoms with Crippen molar-refractivity contribution in [3.63, 3.8) is 0 Å². The molecule has 0 atom stereocenters. The van der Waals surface area contributed by atoms with Gasteiger partial charge in [0.25, 0.3) is 11.5 Å². The van der Waals surface area contributed by atoms with Gasteiger partial charge in [0.15, 0.2) is 0 Å². The van der Waals surface area contributed by atoms with Crippen LogP contribution in [0.3, 0.4) is 0 Å². The zero-order valence-corrected chi connectivity index (χ0v) is 10.7. The van der Waals surface area contributed by atoms with Crippen molar-refractivity contribution < 1.29 is 14.7 Å². The van der Waals surface area contributed by atoms with Crippen LogP contribution in [0.15, 0.2) is 16.9 Å². The molecule has 102 valence electrons. The monoisotopic (exact) mass is 264 g/mol. The number of nitrogens with one attached hydrogen (secondary N) is 1. The molecule has 1 aromatic heterocycles. The molecular formula is C13H16N2O4. The van der Waals surface area contributed by atoms with E-state index in [0.717, 1.165) is 0 Å². The molecule has 2 N–H and O–H groups in total. The fourth-order valence-corrected chi connectivity index (χ4v) is 2.24. The molecule has 0 bridgehead atoms. The molecule has 0 aromatic carbocycles. The van der Waals surface area contributed by atoms with Gasteiger partial charge in [-0.25, -0.2) is 0 Å². The molecule has 1 fully saturated rings. The second-order valence-corrected chi connectivity index (χ2v) is 4.79. The topological polar surface area (TPSA) is 90.5 Å². The predicted octanol–water partition coefficient (Wildman–Crippen LogP) is 0.620. The van der Waals surface area contributed by atoms with Gasteiger partial charge < -0.3 is 15.0 Å². The molecular weight excluding hydrogens is 248 g/mol. The summed E-state index contributed by atoms with van der Waals surface area (Å²) in [4.78, 5) is 38.8. The quantitative estimate of drug-likeness (QED) is 0.819. The van der Waals surface area contributed by atoms with E-state index in [1.54, 1.807) is 17.9 Å². The largest absolute Gasteiger partial charge is 0.481 e. The Kier molecular flexibility index (Phi) is 3.69. The van der Waals surface area contributed by atoms with Gasteiger partial charge in [0.1, 0.15) is 5.56 Å². The molecule has 1 aliphatic rings. The molecule has 0 radical (unpaired) electrons. The highest BCUT2D eigenvalue weighted by atomic mass is 16.4. The third-order valence-electron chi connectivity index (χ3n) is 3.42. The standard InChI is InChI=1S/C13H16N2O4/c1-8-2-3-10(11(16)14-8)12(17)15-6-4-9(5-7-15)13(18)19/h2-3,9H,4-7H2,1H3,(H,14,16)(H,18,19).